The molecule has 0 spiro atoms. The second-order valence-corrected chi connectivity index (χ2v) is 4.52. The van der Waals surface area contributed by atoms with E-state index < -0.39 is 0 Å². The Bertz CT molecular complexity index is 516. The Morgan fingerprint density at radius 2 is 2.00 bits per heavy atom. The molecule has 3 nitrogen and oxygen atoms in total. The maximum absolute atomic E-state index is 5.90. The van der Waals surface area contributed by atoms with E-state index in [0.29, 0.717) is 10.7 Å². The number of anilines is 3. The third-order valence-electron chi connectivity index (χ3n) is 1.97. The maximum atomic E-state index is 5.90. The Morgan fingerprint density at radius 3 is 2.69 bits per heavy atom. The number of nitrogens with zero attached hydrogens (tertiary/aromatic N) is 1. The molecule has 0 aliphatic rings. The minimum absolute atomic E-state index is 0.623. The molecule has 3 N–H and O–H groups in total. The molecule has 1 heterocycles. The van der Waals surface area contributed by atoms with Crippen LogP contribution in [0.25, 0.3) is 0 Å². The van der Waals surface area contributed by atoms with E-state index in [4.69, 9.17) is 17.3 Å². The molecule has 5 heteroatoms. The predicted octanol–water partition coefficient (Wildman–Crippen LogP) is 3.82. The van der Waals surface area contributed by atoms with Crippen molar-refractivity contribution < 1.29 is 0 Å². The Labute approximate surface area is 107 Å². The van der Waals surface area contributed by atoms with E-state index in [-0.39, 0.29) is 0 Å². The van der Waals surface area contributed by atoms with Crippen molar-refractivity contribution >= 4 is 44.6 Å². The molecule has 2 rings (SSSR count). The van der Waals surface area contributed by atoms with Crippen LogP contribution >= 0.6 is 27.5 Å². The number of nitrogen functional groups attached to an aromatic ring is 1. The summed E-state index contributed by atoms with van der Waals surface area (Å²) in [6.07, 6.45) is 3.31. The smallest absolute Gasteiger partial charge is 0.0591 e. The molecule has 16 heavy (non-hydrogen) atoms. The van der Waals surface area contributed by atoms with Gasteiger partial charge < -0.3 is 11.1 Å². The van der Waals surface area contributed by atoms with Gasteiger partial charge in [-0.15, -0.1) is 0 Å². The van der Waals surface area contributed by atoms with Gasteiger partial charge in [0.25, 0.3) is 0 Å². The Hall–Kier alpha value is -1.26. The van der Waals surface area contributed by atoms with Gasteiger partial charge in [-0.2, -0.15) is 0 Å². The van der Waals surface area contributed by atoms with Gasteiger partial charge in [0.1, 0.15) is 0 Å². The van der Waals surface area contributed by atoms with Crippen LogP contribution in [0.2, 0.25) is 5.02 Å². The van der Waals surface area contributed by atoms with Gasteiger partial charge in [0, 0.05) is 16.4 Å². The van der Waals surface area contributed by atoms with Gasteiger partial charge >= 0.3 is 0 Å². The molecule has 0 amide bonds. The molecule has 0 saturated carbocycles. The van der Waals surface area contributed by atoms with Crippen LogP contribution in [0.3, 0.4) is 0 Å². The van der Waals surface area contributed by atoms with Crippen molar-refractivity contribution in [3.05, 3.63) is 46.2 Å². The summed E-state index contributed by atoms with van der Waals surface area (Å²) in [6.45, 7) is 0. The summed E-state index contributed by atoms with van der Waals surface area (Å²) in [6, 6.07) is 7.41. The van der Waals surface area contributed by atoms with Crippen molar-refractivity contribution in [2.75, 3.05) is 11.1 Å². The third kappa shape index (κ3) is 2.65. The SMILES string of the molecule is Nc1cncc(Nc2ccc(Cl)c(Br)c2)c1. The zero-order valence-corrected chi connectivity index (χ0v) is 10.6. The lowest BCUT2D eigenvalue weighted by atomic mass is 10.3. The van der Waals surface area contributed by atoms with Crippen LogP contribution in [-0.4, -0.2) is 4.98 Å². The first-order chi connectivity index (χ1) is 7.65. The number of aromatic nitrogens is 1. The monoisotopic (exact) mass is 297 g/mol. The van der Waals surface area contributed by atoms with E-state index in [1.807, 2.05) is 24.3 Å². The Kier molecular flexibility index (Phi) is 3.31. The molecule has 0 fully saturated rings. The van der Waals surface area contributed by atoms with Crippen molar-refractivity contribution in [3.8, 4) is 0 Å². The van der Waals surface area contributed by atoms with Crippen LogP contribution in [0, 0.1) is 0 Å². The van der Waals surface area contributed by atoms with Crippen molar-refractivity contribution in [2.24, 2.45) is 0 Å². The van der Waals surface area contributed by atoms with Gasteiger partial charge in [-0.3, -0.25) is 4.98 Å². The van der Waals surface area contributed by atoms with E-state index in [9.17, 15) is 0 Å². The number of rotatable bonds is 2. The van der Waals surface area contributed by atoms with Gasteiger partial charge in [0.15, 0.2) is 0 Å². The third-order valence-corrected chi connectivity index (χ3v) is 3.18. The first-order valence-electron chi connectivity index (χ1n) is 4.58. The number of nitrogens with one attached hydrogen (secondary N) is 1. The first-order valence-corrected chi connectivity index (χ1v) is 5.75. The van der Waals surface area contributed by atoms with Crippen LogP contribution in [0.4, 0.5) is 17.1 Å². The van der Waals surface area contributed by atoms with Gasteiger partial charge in [0.05, 0.1) is 22.6 Å². The van der Waals surface area contributed by atoms with Crippen LogP contribution in [-0.2, 0) is 0 Å². The lowest BCUT2D eigenvalue weighted by molar-refractivity contribution is 1.32. The molecule has 82 valence electrons. The highest BCUT2D eigenvalue weighted by Crippen LogP contribution is 2.27. The molecule has 1 aromatic carbocycles. The lowest BCUT2D eigenvalue weighted by Gasteiger charge is -2.07. The number of halogens is 2. The number of benzene rings is 1. The second-order valence-electron chi connectivity index (χ2n) is 3.26. The summed E-state index contributed by atoms with van der Waals surface area (Å²) in [5.41, 5.74) is 8.02. The minimum atomic E-state index is 0.623. The molecule has 0 radical (unpaired) electrons. The minimum Gasteiger partial charge on any atom is -0.397 e. The molecule has 0 saturated heterocycles. The summed E-state index contributed by atoms with van der Waals surface area (Å²) in [5, 5.41) is 3.86. The van der Waals surface area contributed by atoms with Crippen molar-refractivity contribution in [1.82, 2.24) is 4.98 Å². The van der Waals surface area contributed by atoms with E-state index in [0.717, 1.165) is 15.8 Å². The average Bonchev–Trinajstić information content (AvgIpc) is 2.24. The molecule has 0 unspecified atom stereocenters. The standard InChI is InChI=1S/C11H9BrClN3/c12-10-4-8(1-2-11(10)13)16-9-3-7(14)5-15-6-9/h1-6,16H,14H2. The fourth-order valence-corrected chi connectivity index (χ4v) is 1.76. The molecular formula is C11H9BrClN3. The quantitative estimate of drug-likeness (QED) is 0.886. The summed E-state index contributed by atoms with van der Waals surface area (Å²) >= 11 is 9.26. The van der Waals surface area contributed by atoms with Crippen LogP contribution < -0.4 is 11.1 Å². The number of hydrogen-bond acceptors (Lipinski definition) is 3. The molecule has 0 aliphatic carbocycles. The molecule has 1 aromatic heterocycles. The Balaban J connectivity index is 2.24. The molecule has 0 aliphatic heterocycles. The highest BCUT2D eigenvalue weighted by atomic mass is 79.9. The van der Waals surface area contributed by atoms with E-state index in [1.54, 1.807) is 12.4 Å². The first kappa shape index (κ1) is 11.2. The highest BCUT2D eigenvalue weighted by molar-refractivity contribution is 9.10. The largest absolute Gasteiger partial charge is 0.397 e. The molecular weight excluding hydrogens is 289 g/mol. The van der Waals surface area contributed by atoms with Crippen molar-refractivity contribution in [2.45, 2.75) is 0 Å². The zero-order valence-electron chi connectivity index (χ0n) is 8.24. The lowest BCUT2D eigenvalue weighted by Crippen LogP contribution is -1.93. The fraction of sp³-hybridized carbons (Fsp3) is 0. The normalized spacial score (nSPS) is 10.1. The zero-order chi connectivity index (χ0) is 11.5. The summed E-state index contributed by atoms with van der Waals surface area (Å²) in [4.78, 5) is 4.00. The van der Waals surface area contributed by atoms with E-state index >= 15 is 0 Å². The van der Waals surface area contributed by atoms with Crippen molar-refractivity contribution in [1.29, 1.82) is 0 Å². The number of pyridine rings is 1. The van der Waals surface area contributed by atoms with Gasteiger partial charge in [0.2, 0.25) is 0 Å². The van der Waals surface area contributed by atoms with Crippen LogP contribution in [0.5, 0.6) is 0 Å². The fourth-order valence-electron chi connectivity index (χ4n) is 1.27. The van der Waals surface area contributed by atoms with E-state index in [1.165, 1.54) is 0 Å². The van der Waals surface area contributed by atoms with Gasteiger partial charge in [-0.05, 0) is 40.2 Å². The van der Waals surface area contributed by atoms with Crippen LogP contribution in [0.15, 0.2) is 41.1 Å². The Morgan fingerprint density at radius 1 is 1.19 bits per heavy atom. The highest BCUT2D eigenvalue weighted by Gasteiger charge is 2.00. The molecule has 0 bridgehead atoms. The van der Waals surface area contributed by atoms with Gasteiger partial charge in [-0.25, -0.2) is 0 Å². The molecule has 2 aromatic rings. The number of hydrogen-bond donors (Lipinski definition) is 2. The summed E-state index contributed by atoms with van der Waals surface area (Å²) < 4.78 is 0.844. The second kappa shape index (κ2) is 4.72. The summed E-state index contributed by atoms with van der Waals surface area (Å²) in [5.74, 6) is 0. The van der Waals surface area contributed by atoms with Gasteiger partial charge in [-0.1, -0.05) is 11.6 Å². The number of nitrogens with two attached hydrogens (primary N) is 1. The molecule has 0 atom stereocenters. The van der Waals surface area contributed by atoms with Crippen LogP contribution in [0.1, 0.15) is 0 Å². The maximum Gasteiger partial charge on any atom is 0.0591 e. The average molecular weight is 299 g/mol. The summed E-state index contributed by atoms with van der Waals surface area (Å²) in [7, 11) is 0. The van der Waals surface area contributed by atoms with E-state index in [2.05, 4.69) is 26.2 Å². The predicted molar refractivity (Wildman–Crippen MR) is 71.1 cm³/mol. The van der Waals surface area contributed by atoms with Crippen molar-refractivity contribution in [3.63, 3.8) is 0 Å². The topological polar surface area (TPSA) is 50.9 Å².